The third kappa shape index (κ3) is 1.35. The minimum Gasteiger partial charge on any atom is -0.337 e. The molecule has 4 aliphatic carbocycles. The van der Waals surface area contributed by atoms with E-state index >= 15 is 0 Å². The maximum Gasteiger partial charge on any atom is 0.177 e. The first-order valence-corrected chi connectivity index (χ1v) is 7.35. The van der Waals surface area contributed by atoms with Gasteiger partial charge in [-0.15, -0.1) is 0 Å². The van der Waals surface area contributed by atoms with Gasteiger partial charge >= 0.3 is 0 Å². The van der Waals surface area contributed by atoms with Gasteiger partial charge < -0.3 is 9.55 Å². The van der Waals surface area contributed by atoms with Crippen LogP contribution in [0.5, 0.6) is 0 Å². The quantitative estimate of drug-likeness (QED) is 0.750. The summed E-state index contributed by atoms with van der Waals surface area (Å²) in [5, 5.41) is 0. The highest BCUT2D eigenvalue weighted by Gasteiger charge is 2.52. The normalized spacial score (nSPS) is 43.2. The highest BCUT2D eigenvalue weighted by Crippen LogP contribution is 2.59. The van der Waals surface area contributed by atoms with Gasteiger partial charge in [0.25, 0.3) is 0 Å². The van der Waals surface area contributed by atoms with Gasteiger partial charge in [-0.3, -0.25) is 0 Å². The molecule has 17 heavy (non-hydrogen) atoms. The van der Waals surface area contributed by atoms with E-state index in [9.17, 15) is 0 Å². The monoisotopic (exact) mass is 248 g/mol. The van der Waals surface area contributed by atoms with Crippen LogP contribution in [0.25, 0.3) is 0 Å². The first-order valence-electron chi connectivity index (χ1n) is 6.94. The van der Waals surface area contributed by atoms with Crippen molar-refractivity contribution < 1.29 is 0 Å². The number of aromatic amines is 1. The van der Waals surface area contributed by atoms with Crippen LogP contribution in [0, 0.1) is 29.4 Å². The molecule has 0 spiro atoms. The molecule has 4 saturated carbocycles. The molecule has 4 bridgehead atoms. The SMILES string of the molecule is Cc1c[nH]c(=S)n1C12CC3CC(CC(C3)C1)C2. The molecule has 92 valence electrons. The average molecular weight is 248 g/mol. The molecule has 1 heterocycles. The Morgan fingerprint density at radius 2 is 1.71 bits per heavy atom. The van der Waals surface area contributed by atoms with Crippen molar-refractivity contribution in [1.82, 2.24) is 9.55 Å². The minimum absolute atomic E-state index is 0.385. The zero-order chi connectivity index (χ0) is 11.6. The van der Waals surface area contributed by atoms with Gasteiger partial charge in [0.05, 0.1) is 0 Å². The topological polar surface area (TPSA) is 20.7 Å². The Bertz CT molecular complexity index is 475. The Morgan fingerprint density at radius 1 is 1.18 bits per heavy atom. The van der Waals surface area contributed by atoms with E-state index in [0.29, 0.717) is 5.54 Å². The van der Waals surface area contributed by atoms with Crippen LogP contribution in [0.3, 0.4) is 0 Å². The Labute approximate surface area is 107 Å². The number of nitrogens with one attached hydrogen (secondary N) is 1. The Balaban J connectivity index is 1.85. The number of H-pyrrole nitrogens is 1. The Hall–Kier alpha value is -0.570. The standard InChI is InChI=1S/C14H20N2S/c1-9-8-15-13(17)16(9)14-5-10-2-11(6-14)4-12(3-10)7-14/h8,10-12H,2-7H2,1H3,(H,15,17). The zero-order valence-electron chi connectivity index (χ0n) is 10.4. The van der Waals surface area contributed by atoms with Gasteiger partial charge in [-0.1, -0.05) is 0 Å². The third-order valence-corrected chi connectivity index (χ3v) is 5.74. The van der Waals surface area contributed by atoms with Gasteiger partial charge in [0.2, 0.25) is 0 Å². The molecule has 3 heteroatoms. The Kier molecular flexibility index (Phi) is 1.98. The fraction of sp³-hybridized carbons (Fsp3) is 0.786. The number of hydrogen-bond donors (Lipinski definition) is 1. The number of aryl methyl sites for hydroxylation is 1. The molecule has 1 aromatic rings. The summed E-state index contributed by atoms with van der Waals surface area (Å²) in [4.78, 5) is 3.24. The van der Waals surface area contributed by atoms with E-state index in [1.54, 1.807) is 0 Å². The smallest absolute Gasteiger partial charge is 0.177 e. The summed E-state index contributed by atoms with van der Waals surface area (Å²) in [7, 11) is 0. The lowest BCUT2D eigenvalue weighted by molar-refractivity contribution is -0.0446. The predicted molar refractivity (Wildman–Crippen MR) is 70.5 cm³/mol. The second-order valence-electron chi connectivity index (χ2n) is 6.71. The highest BCUT2D eigenvalue weighted by molar-refractivity contribution is 7.71. The number of rotatable bonds is 1. The maximum absolute atomic E-state index is 5.52. The molecular weight excluding hydrogens is 228 g/mol. The zero-order valence-corrected chi connectivity index (χ0v) is 11.2. The van der Waals surface area contributed by atoms with Gasteiger partial charge in [-0.2, -0.15) is 0 Å². The molecule has 1 N–H and O–H groups in total. The van der Waals surface area contributed by atoms with E-state index in [1.165, 1.54) is 44.2 Å². The molecular formula is C14H20N2S. The first kappa shape index (κ1) is 10.4. The summed E-state index contributed by atoms with van der Waals surface area (Å²) in [6.07, 6.45) is 10.7. The van der Waals surface area contributed by atoms with Gasteiger partial charge in [-0.05, 0) is 75.4 Å². The van der Waals surface area contributed by atoms with Crippen LogP contribution in [0.4, 0.5) is 0 Å². The molecule has 0 radical (unpaired) electrons. The molecule has 4 fully saturated rings. The van der Waals surface area contributed by atoms with E-state index in [2.05, 4.69) is 22.7 Å². The van der Waals surface area contributed by atoms with E-state index in [4.69, 9.17) is 12.2 Å². The lowest BCUT2D eigenvalue weighted by atomic mass is 9.53. The highest BCUT2D eigenvalue weighted by atomic mass is 32.1. The molecule has 4 aliphatic rings. The fourth-order valence-electron chi connectivity index (χ4n) is 5.38. The van der Waals surface area contributed by atoms with Crippen LogP contribution in [0.2, 0.25) is 0 Å². The van der Waals surface area contributed by atoms with Crippen molar-refractivity contribution in [1.29, 1.82) is 0 Å². The second kappa shape index (κ2) is 3.25. The lowest BCUT2D eigenvalue weighted by Crippen LogP contribution is -2.52. The number of nitrogens with zero attached hydrogens (tertiary/aromatic N) is 1. The summed E-state index contributed by atoms with van der Waals surface area (Å²) in [6.45, 7) is 2.20. The van der Waals surface area contributed by atoms with Gasteiger partial charge in [0.15, 0.2) is 4.77 Å². The molecule has 0 amide bonds. The van der Waals surface area contributed by atoms with Gasteiger partial charge in [-0.25, -0.2) is 0 Å². The van der Waals surface area contributed by atoms with Crippen LogP contribution in [0.15, 0.2) is 6.20 Å². The molecule has 5 rings (SSSR count). The van der Waals surface area contributed by atoms with E-state index in [1.807, 2.05) is 0 Å². The van der Waals surface area contributed by atoms with E-state index < -0.39 is 0 Å². The molecule has 1 aromatic heterocycles. The third-order valence-electron chi connectivity index (χ3n) is 5.44. The van der Waals surface area contributed by atoms with Crippen molar-refractivity contribution in [2.45, 2.75) is 51.0 Å². The van der Waals surface area contributed by atoms with Gasteiger partial charge in [0, 0.05) is 17.4 Å². The van der Waals surface area contributed by atoms with Crippen molar-refractivity contribution in [2.24, 2.45) is 17.8 Å². The van der Waals surface area contributed by atoms with Crippen molar-refractivity contribution >= 4 is 12.2 Å². The number of aromatic nitrogens is 2. The van der Waals surface area contributed by atoms with Crippen LogP contribution in [-0.4, -0.2) is 9.55 Å². The largest absolute Gasteiger partial charge is 0.337 e. The van der Waals surface area contributed by atoms with Crippen molar-refractivity contribution in [2.75, 3.05) is 0 Å². The maximum atomic E-state index is 5.52. The second-order valence-corrected chi connectivity index (χ2v) is 7.10. The molecule has 2 nitrogen and oxygen atoms in total. The molecule has 0 unspecified atom stereocenters. The molecule has 0 aliphatic heterocycles. The lowest BCUT2D eigenvalue weighted by Gasteiger charge is -2.57. The van der Waals surface area contributed by atoms with Crippen LogP contribution in [0.1, 0.15) is 44.2 Å². The predicted octanol–water partition coefficient (Wildman–Crippen LogP) is 3.78. The molecule has 0 aromatic carbocycles. The first-order chi connectivity index (χ1) is 8.16. The summed E-state index contributed by atoms with van der Waals surface area (Å²) in [5.41, 5.74) is 1.72. The van der Waals surface area contributed by atoms with E-state index in [0.717, 1.165) is 22.5 Å². The fourth-order valence-corrected chi connectivity index (χ4v) is 5.78. The van der Waals surface area contributed by atoms with Crippen LogP contribution < -0.4 is 0 Å². The summed E-state index contributed by atoms with van der Waals surface area (Å²) in [5.74, 6) is 2.95. The van der Waals surface area contributed by atoms with Crippen molar-refractivity contribution in [3.63, 3.8) is 0 Å². The van der Waals surface area contributed by atoms with Crippen LogP contribution >= 0.6 is 12.2 Å². The van der Waals surface area contributed by atoms with Gasteiger partial charge in [0.1, 0.15) is 0 Å². The number of hydrogen-bond acceptors (Lipinski definition) is 1. The summed E-state index contributed by atoms with van der Waals surface area (Å²) in [6, 6.07) is 0. The molecule has 0 saturated heterocycles. The minimum atomic E-state index is 0.385. The molecule has 0 atom stereocenters. The average Bonchev–Trinajstić information content (AvgIpc) is 2.56. The number of imidazole rings is 1. The summed E-state index contributed by atoms with van der Waals surface area (Å²) < 4.78 is 3.41. The van der Waals surface area contributed by atoms with Crippen LogP contribution in [-0.2, 0) is 5.54 Å². The summed E-state index contributed by atoms with van der Waals surface area (Å²) >= 11 is 5.52. The van der Waals surface area contributed by atoms with E-state index in [-0.39, 0.29) is 0 Å². The van der Waals surface area contributed by atoms with Crippen molar-refractivity contribution in [3.05, 3.63) is 16.7 Å². The Morgan fingerprint density at radius 3 is 2.12 bits per heavy atom. The van der Waals surface area contributed by atoms with Crippen molar-refractivity contribution in [3.8, 4) is 0 Å².